The minimum atomic E-state index is -0.512. The summed E-state index contributed by atoms with van der Waals surface area (Å²) in [4.78, 5) is 36.9. The fraction of sp³-hybridized carbons (Fsp3) is 0.120. The summed E-state index contributed by atoms with van der Waals surface area (Å²) in [5.41, 5.74) is 3.16. The number of nitro groups is 1. The van der Waals surface area contributed by atoms with Gasteiger partial charge in [0.05, 0.1) is 26.4 Å². The summed E-state index contributed by atoms with van der Waals surface area (Å²) in [7, 11) is 0. The maximum absolute atomic E-state index is 12.8. The zero-order valence-corrected chi connectivity index (χ0v) is 20.7. The second kappa shape index (κ2) is 10.5. The van der Waals surface area contributed by atoms with Crippen molar-refractivity contribution < 1.29 is 19.2 Å². The van der Waals surface area contributed by atoms with Crippen LogP contribution in [0, 0.1) is 17.0 Å². The van der Waals surface area contributed by atoms with Gasteiger partial charge in [0.15, 0.2) is 5.75 Å². The third-order valence-corrected chi connectivity index (χ3v) is 6.61. The molecule has 3 aromatic rings. The molecule has 0 saturated carbocycles. The van der Waals surface area contributed by atoms with Crippen LogP contribution < -0.4 is 4.74 Å². The molecule has 1 heterocycles. The standard InChI is InChI=1S/C25H18Cl2N2O5S/c1-15-3-2-4-17(9-15)14-34-23-20(26)10-18(11-21(23)27)12-22-24(30)28(25(31)35-22)13-16-5-7-19(8-6-16)29(32)33/h2-12H,13-14H2,1H3/b22-12-. The van der Waals surface area contributed by atoms with Gasteiger partial charge in [-0.25, -0.2) is 0 Å². The number of ether oxygens (including phenoxy) is 1. The molecule has 178 valence electrons. The molecule has 1 aliphatic rings. The molecule has 3 aromatic carbocycles. The number of non-ortho nitro benzene ring substituents is 1. The molecule has 0 unspecified atom stereocenters. The number of hydrogen-bond donors (Lipinski definition) is 0. The van der Waals surface area contributed by atoms with Crippen LogP contribution in [-0.4, -0.2) is 21.0 Å². The molecule has 0 atom stereocenters. The van der Waals surface area contributed by atoms with E-state index in [0.29, 0.717) is 23.5 Å². The number of hydrogen-bond acceptors (Lipinski definition) is 6. The Balaban J connectivity index is 1.48. The molecule has 1 saturated heterocycles. The summed E-state index contributed by atoms with van der Waals surface area (Å²) in [5.74, 6) is -0.136. The van der Waals surface area contributed by atoms with Crippen LogP contribution >= 0.6 is 35.0 Å². The number of benzene rings is 3. The van der Waals surface area contributed by atoms with E-state index in [-0.39, 0.29) is 27.2 Å². The average Bonchev–Trinajstić information content (AvgIpc) is 3.06. The summed E-state index contributed by atoms with van der Waals surface area (Å²) in [5, 5.41) is 10.9. The summed E-state index contributed by atoms with van der Waals surface area (Å²) >= 11 is 13.6. The number of nitrogens with zero attached hydrogens (tertiary/aromatic N) is 2. The van der Waals surface area contributed by atoms with Crippen LogP contribution in [0.2, 0.25) is 10.0 Å². The third kappa shape index (κ3) is 5.85. The van der Waals surface area contributed by atoms with E-state index >= 15 is 0 Å². The van der Waals surface area contributed by atoms with E-state index in [1.54, 1.807) is 18.2 Å². The van der Waals surface area contributed by atoms with Gasteiger partial charge in [0.2, 0.25) is 0 Å². The molecule has 1 fully saturated rings. The Hall–Kier alpha value is -3.33. The Morgan fingerprint density at radius 1 is 1.03 bits per heavy atom. The zero-order chi connectivity index (χ0) is 25.1. The number of carbonyl (C=O) groups excluding carboxylic acids is 2. The molecule has 0 N–H and O–H groups in total. The number of thioether (sulfide) groups is 1. The largest absolute Gasteiger partial charge is 0.486 e. The number of nitro benzene ring substituents is 1. The van der Waals surface area contributed by atoms with E-state index in [1.165, 1.54) is 24.3 Å². The van der Waals surface area contributed by atoms with Crippen LogP contribution in [0.4, 0.5) is 10.5 Å². The van der Waals surface area contributed by atoms with Crippen LogP contribution in [0.15, 0.2) is 65.6 Å². The van der Waals surface area contributed by atoms with Crippen molar-refractivity contribution in [2.45, 2.75) is 20.1 Å². The minimum absolute atomic E-state index is 0.00719. The van der Waals surface area contributed by atoms with Crippen LogP contribution in [0.3, 0.4) is 0 Å². The Labute approximate surface area is 215 Å². The Kier molecular flexibility index (Phi) is 7.45. The quantitative estimate of drug-likeness (QED) is 0.186. The van der Waals surface area contributed by atoms with Gasteiger partial charge >= 0.3 is 0 Å². The lowest BCUT2D eigenvalue weighted by Crippen LogP contribution is -2.27. The lowest BCUT2D eigenvalue weighted by atomic mass is 10.1. The maximum atomic E-state index is 12.8. The molecular formula is C25H18Cl2N2O5S. The van der Waals surface area contributed by atoms with Crippen molar-refractivity contribution in [1.29, 1.82) is 0 Å². The first-order valence-electron chi connectivity index (χ1n) is 10.4. The molecule has 0 radical (unpaired) electrons. The van der Waals surface area contributed by atoms with Gasteiger partial charge in [-0.2, -0.15) is 0 Å². The fourth-order valence-corrected chi connectivity index (χ4v) is 4.90. The number of carbonyl (C=O) groups is 2. The van der Waals surface area contributed by atoms with Crippen LogP contribution in [-0.2, 0) is 17.9 Å². The average molecular weight is 529 g/mol. The molecule has 7 nitrogen and oxygen atoms in total. The second-order valence-electron chi connectivity index (χ2n) is 7.78. The van der Waals surface area contributed by atoms with Crippen molar-refractivity contribution in [3.8, 4) is 5.75 Å². The second-order valence-corrected chi connectivity index (χ2v) is 9.59. The van der Waals surface area contributed by atoms with Crippen molar-refractivity contribution in [2.24, 2.45) is 0 Å². The maximum Gasteiger partial charge on any atom is 0.293 e. The SMILES string of the molecule is Cc1cccc(COc2c(Cl)cc(/C=C3\SC(=O)N(Cc4ccc([N+](=O)[O-])cc4)C3=O)cc2Cl)c1. The van der Waals surface area contributed by atoms with Crippen molar-refractivity contribution in [2.75, 3.05) is 0 Å². The van der Waals surface area contributed by atoms with Gasteiger partial charge in [0, 0.05) is 12.1 Å². The predicted molar refractivity (Wildman–Crippen MR) is 137 cm³/mol. The van der Waals surface area contributed by atoms with E-state index in [4.69, 9.17) is 27.9 Å². The zero-order valence-electron chi connectivity index (χ0n) is 18.4. The number of aryl methyl sites for hydroxylation is 1. The number of amides is 2. The van der Waals surface area contributed by atoms with Gasteiger partial charge in [-0.15, -0.1) is 0 Å². The van der Waals surface area contributed by atoms with Gasteiger partial charge in [0.25, 0.3) is 16.8 Å². The lowest BCUT2D eigenvalue weighted by Gasteiger charge is -2.12. The topological polar surface area (TPSA) is 89.8 Å². The van der Waals surface area contributed by atoms with E-state index in [9.17, 15) is 19.7 Å². The van der Waals surface area contributed by atoms with Gasteiger partial charge in [-0.3, -0.25) is 24.6 Å². The molecule has 35 heavy (non-hydrogen) atoms. The van der Waals surface area contributed by atoms with E-state index in [2.05, 4.69) is 0 Å². The van der Waals surface area contributed by atoms with Crippen LogP contribution in [0.5, 0.6) is 5.75 Å². The molecular weight excluding hydrogens is 511 g/mol. The third-order valence-electron chi connectivity index (χ3n) is 5.15. The highest BCUT2D eigenvalue weighted by molar-refractivity contribution is 8.18. The highest BCUT2D eigenvalue weighted by Gasteiger charge is 2.35. The monoisotopic (exact) mass is 528 g/mol. The normalized spacial score (nSPS) is 14.6. The molecule has 4 rings (SSSR count). The molecule has 2 amide bonds. The smallest absolute Gasteiger partial charge is 0.293 e. The minimum Gasteiger partial charge on any atom is -0.486 e. The Morgan fingerprint density at radius 3 is 2.34 bits per heavy atom. The summed E-state index contributed by atoms with van der Waals surface area (Å²) < 4.78 is 5.82. The van der Waals surface area contributed by atoms with E-state index < -0.39 is 16.1 Å². The van der Waals surface area contributed by atoms with Crippen molar-refractivity contribution >= 4 is 57.9 Å². The van der Waals surface area contributed by atoms with Crippen molar-refractivity contribution in [1.82, 2.24) is 4.90 Å². The Morgan fingerprint density at radius 2 is 1.71 bits per heavy atom. The molecule has 1 aliphatic heterocycles. The van der Waals surface area contributed by atoms with Gasteiger partial charge in [-0.1, -0.05) is 65.2 Å². The van der Waals surface area contributed by atoms with E-state index in [1.807, 2.05) is 31.2 Å². The van der Waals surface area contributed by atoms with Gasteiger partial charge in [-0.05, 0) is 53.6 Å². The van der Waals surface area contributed by atoms with Crippen LogP contribution in [0.25, 0.3) is 6.08 Å². The first-order valence-corrected chi connectivity index (χ1v) is 11.9. The van der Waals surface area contributed by atoms with Gasteiger partial charge < -0.3 is 4.74 Å². The van der Waals surface area contributed by atoms with E-state index in [0.717, 1.165) is 27.8 Å². The molecule has 0 spiro atoms. The van der Waals surface area contributed by atoms with Crippen LogP contribution in [0.1, 0.15) is 22.3 Å². The lowest BCUT2D eigenvalue weighted by molar-refractivity contribution is -0.384. The van der Waals surface area contributed by atoms with Crippen molar-refractivity contribution in [3.05, 3.63) is 108 Å². The summed E-state index contributed by atoms with van der Waals surface area (Å²) in [6.45, 7) is 2.29. The van der Waals surface area contributed by atoms with Gasteiger partial charge in [0.1, 0.15) is 6.61 Å². The number of rotatable bonds is 7. The summed E-state index contributed by atoms with van der Waals surface area (Å²) in [6, 6.07) is 16.8. The fourth-order valence-electron chi connectivity index (χ4n) is 3.45. The predicted octanol–water partition coefficient (Wildman–Crippen LogP) is 7.03. The molecule has 0 aliphatic carbocycles. The highest BCUT2D eigenvalue weighted by Crippen LogP contribution is 2.38. The summed E-state index contributed by atoms with van der Waals surface area (Å²) in [6.07, 6.45) is 1.54. The molecule has 0 bridgehead atoms. The first-order chi connectivity index (χ1) is 16.7. The number of imide groups is 1. The highest BCUT2D eigenvalue weighted by atomic mass is 35.5. The Bertz CT molecular complexity index is 1340. The first kappa shape index (κ1) is 24.8. The molecule has 0 aromatic heterocycles. The van der Waals surface area contributed by atoms with Crippen molar-refractivity contribution in [3.63, 3.8) is 0 Å². The molecule has 10 heteroatoms. The number of halogens is 2.